The van der Waals surface area contributed by atoms with Gasteiger partial charge in [-0.1, -0.05) is 12.1 Å². The summed E-state index contributed by atoms with van der Waals surface area (Å²) in [6.07, 6.45) is 2.26. The lowest BCUT2D eigenvalue weighted by atomic mass is 10.0. The Morgan fingerprint density at radius 1 is 1.19 bits per heavy atom. The topological polar surface area (TPSA) is 58.1 Å². The molecule has 152 valence electrons. The third-order valence-corrected chi connectivity index (χ3v) is 4.85. The number of hydrogen-bond acceptors (Lipinski definition) is 4. The van der Waals surface area contributed by atoms with Crippen molar-refractivity contribution in [3.63, 3.8) is 0 Å². The van der Waals surface area contributed by atoms with Gasteiger partial charge in [-0.15, -0.1) is 0 Å². The van der Waals surface area contributed by atoms with Gasteiger partial charge >= 0.3 is 0 Å². The van der Waals surface area contributed by atoms with Gasteiger partial charge in [0.15, 0.2) is 17.5 Å². The van der Waals surface area contributed by atoms with Crippen molar-refractivity contribution in [2.45, 2.75) is 58.7 Å². The maximum atomic E-state index is 6.00. The Balaban J connectivity index is 1.87. The second-order valence-corrected chi connectivity index (χ2v) is 7.35. The molecule has 1 aromatic rings. The zero-order valence-corrected chi connectivity index (χ0v) is 17.5. The van der Waals surface area contributed by atoms with Crippen molar-refractivity contribution in [1.29, 1.82) is 0 Å². The minimum atomic E-state index is -0.0421. The smallest absolute Gasteiger partial charge is 0.191 e. The van der Waals surface area contributed by atoms with Gasteiger partial charge in [0.05, 0.1) is 13.7 Å². The van der Waals surface area contributed by atoms with E-state index in [4.69, 9.17) is 14.5 Å². The van der Waals surface area contributed by atoms with Crippen LogP contribution < -0.4 is 20.1 Å². The number of methoxy groups -OCH3 is 1. The van der Waals surface area contributed by atoms with E-state index in [0.29, 0.717) is 18.6 Å². The Morgan fingerprint density at radius 2 is 1.85 bits per heavy atom. The molecule has 0 saturated carbocycles. The van der Waals surface area contributed by atoms with Crippen molar-refractivity contribution in [3.8, 4) is 11.5 Å². The maximum Gasteiger partial charge on any atom is 0.191 e. The van der Waals surface area contributed by atoms with Crippen LogP contribution in [0.3, 0.4) is 0 Å². The Labute approximate surface area is 164 Å². The van der Waals surface area contributed by atoms with E-state index in [9.17, 15) is 0 Å². The molecule has 2 rings (SSSR count). The Kier molecular flexibility index (Phi) is 8.72. The van der Waals surface area contributed by atoms with E-state index in [1.54, 1.807) is 7.11 Å². The van der Waals surface area contributed by atoms with Gasteiger partial charge in [-0.2, -0.15) is 0 Å². The van der Waals surface area contributed by atoms with Crippen LogP contribution in [-0.2, 0) is 0 Å². The van der Waals surface area contributed by atoms with Gasteiger partial charge in [0.2, 0.25) is 0 Å². The van der Waals surface area contributed by atoms with E-state index >= 15 is 0 Å². The lowest BCUT2D eigenvalue weighted by Gasteiger charge is -2.35. The fourth-order valence-electron chi connectivity index (χ4n) is 3.26. The molecule has 1 heterocycles. The largest absolute Gasteiger partial charge is 0.493 e. The van der Waals surface area contributed by atoms with Crippen molar-refractivity contribution >= 4 is 5.96 Å². The molecule has 1 aliphatic heterocycles. The molecule has 0 radical (unpaired) electrons. The van der Waals surface area contributed by atoms with Gasteiger partial charge in [0.25, 0.3) is 0 Å². The van der Waals surface area contributed by atoms with E-state index in [0.717, 1.165) is 49.9 Å². The monoisotopic (exact) mass is 376 g/mol. The molecule has 2 N–H and O–H groups in total. The van der Waals surface area contributed by atoms with Crippen LogP contribution in [0.5, 0.6) is 11.5 Å². The quantitative estimate of drug-likeness (QED) is 0.540. The maximum absolute atomic E-state index is 6.00. The van der Waals surface area contributed by atoms with E-state index in [-0.39, 0.29) is 6.10 Å². The molecule has 1 saturated heterocycles. The summed E-state index contributed by atoms with van der Waals surface area (Å²) in [6, 6.07) is 8.81. The molecule has 1 aromatic carbocycles. The van der Waals surface area contributed by atoms with E-state index in [1.165, 1.54) is 0 Å². The van der Waals surface area contributed by atoms with Crippen molar-refractivity contribution in [2.24, 2.45) is 4.99 Å². The van der Waals surface area contributed by atoms with Crippen molar-refractivity contribution in [2.75, 3.05) is 33.3 Å². The molecule has 1 aliphatic rings. The zero-order valence-electron chi connectivity index (χ0n) is 17.5. The number of piperidine rings is 1. The Morgan fingerprint density at radius 3 is 2.44 bits per heavy atom. The molecule has 0 bridgehead atoms. The first-order chi connectivity index (χ1) is 13.0. The van der Waals surface area contributed by atoms with Crippen LogP contribution in [0.25, 0.3) is 0 Å². The average molecular weight is 377 g/mol. The molecular weight excluding hydrogens is 340 g/mol. The Hall–Kier alpha value is -1.95. The predicted molar refractivity (Wildman–Crippen MR) is 112 cm³/mol. The van der Waals surface area contributed by atoms with Crippen LogP contribution in [0, 0.1) is 0 Å². The second kappa shape index (κ2) is 11.0. The summed E-state index contributed by atoms with van der Waals surface area (Å²) in [5, 5.41) is 6.94. The standard InChI is InChI=1S/C21H36N4O2/c1-6-22-21(24-18-11-13-25(14-12-18)16(2)3)23-15-17(4)27-20-10-8-7-9-19(20)26-5/h7-10,16-18H,6,11-15H2,1-5H3,(H2,22,23,24). The lowest BCUT2D eigenvalue weighted by molar-refractivity contribution is 0.167. The number of para-hydroxylation sites is 2. The van der Waals surface area contributed by atoms with Gasteiger partial charge in [-0.3, -0.25) is 0 Å². The van der Waals surface area contributed by atoms with Crippen LogP contribution in [0.1, 0.15) is 40.5 Å². The fourth-order valence-corrected chi connectivity index (χ4v) is 3.26. The van der Waals surface area contributed by atoms with Gasteiger partial charge in [-0.05, 0) is 52.7 Å². The van der Waals surface area contributed by atoms with Crippen LogP contribution >= 0.6 is 0 Å². The summed E-state index contributed by atoms with van der Waals surface area (Å²) in [6.45, 7) is 12.4. The number of ether oxygens (including phenoxy) is 2. The van der Waals surface area contributed by atoms with E-state index < -0.39 is 0 Å². The predicted octanol–water partition coefficient (Wildman–Crippen LogP) is 2.89. The summed E-state index contributed by atoms with van der Waals surface area (Å²) < 4.78 is 11.3. The molecule has 1 atom stereocenters. The van der Waals surface area contributed by atoms with Crippen LogP contribution in [0.15, 0.2) is 29.3 Å². The molecule has 6 heteroatoms. The number of likely N-dealkylation sites (tertiary alicyclic amines) is 1. The molecule has 27 heavy (non-hydrogen) atoms. The third kappa shape index (κ3) is 6.94. The summed E-state index contributed by atoms with van der Waals surface area (Å²) in [7, 11) is 1.66. The van der Waals surface area contributed by atoms with E-state index in [2.05, 4.69) is 36.3 Å². The average Bonchev–Trinajstić information content (AvgIpc) is 2.67. The first-order valence-corrected chi connectivity index (χ1v) is 10.1. The Bertz CT molecular complexity index is 583. The molecule has 0 amide bonds. The van der Waals surface area contributed by atoms with Gasteiger partial charge in [-0.25, -0.2) is 4.99 Å². The SMILES string of the molecule is CCNC(=NCC(C)Oc1ccccc1OC)NC1CCN(C(C)C)CC1. The molecule has 1 unspecified atom stereocenters. The molecule has 0 spiro atoms. The number of hydrogen-bond donors (Lipinski definition) is 2. The molecule has 0 aliphatic carbocycles. The number of guanidine groups is 1. The van der Waals surface area contributed by atoms with Gasteiger partial charge in [0, 0.05) is 31.7 Å². The summed E-state index contributed by atoms with van der Waals surface area (Å²) in [5.74, 6) is 2.37. The van der Waals surface area contributed by atoms with Crippen LogP contribution in [0.2, 0.25) is 0 Å². The molecule has 0 aromatic heterocycles. The fraction of sp³-hybridized carbons (Fsp3) is 0.667. The number of rotatable bonds is 8. The lowest BCUT2D eigenvalue weighted by Crippen LogP contribution is -2.50. The normalized spacial score (nSPS) is 17.6. The van der Waals surface area contributed by atoms with Crippen LogP contribution in [-0.4, -0.2) is 62.3 Å². The summed E-state index contributed by atoms with van der Waals surface area (Å²) in [4.78, 5) is 7.26. The van der Waals surface area contributed by atoms with Gasteiger partial charge < -0.3 is 25.0 Å². The number of benzene rings is 1. The zero-order chi connectivity index (χ0) is 19.6. The number of aliphatic imine (C=N–C) groups is 1. The minimum Gasteiger partial charge on any atom is -0.493 e. The summed E-state index contributed by atoms with van der Waals surface area (Å²) >= 11 is 0. The highest BCUT2D eigenvalue weighted by molar-refractivity contribution is 5.80. The molecule has 1 fully saturated rings. The highest BCUT2D eigenvalue weighted by Gasteiger charge is 2.21. The van der Waals surface area contributed by atoms with Gasteiger partial charge in [0.1, 0.15) is 6.10 Å². The third-order valence-electron chi connectivity index (χ3n) is 4.85. The number of nitrogens with one attached hydrogen (secondary N) is 2. The first kappa shape index (κ1) is 21.4. The minimum absolute atomic E-state index is 0.0421. The highest BCUT2D eigenvalue weighted by Crippen LogP contribution is 2.26. The van der Waals surface area contributed by atoms with Crippen LogP contribution in [0.4, 0.5) is 0 Å². The van der Waals surface area contributed by atoms with Crippen molar-refractivity contribution < 1.29 is 9.47 Å². The highest BCUT2D eigenvalue weighted by atomic mass is 16.5. The first-order valence-electron chi connectivity index (χ1n) is 10.1. The molecular formula is C21H36N4O2. The van der Waals surface area contributed by atoms with Crippen molar-refractivity contribution in [1.82, 2.24) is 15.5 Å². The summed E-state index contributed by atoms with van der Waals surface area (Å²) in [5.41, 5.74) is 0. The van der Waals surface area contributed by atoms with E-state index in [1.807, 2.05) is 31.2 Å². The number of nitrogens with zero attached hydrogens (tertiary/aromatic N) is 2. The second-order valence-electron chi connectivity index (χ2n) is 7.35. The van der Waals surface area contributed by atoms with Crippen molar-refractivity contribution in [3.05, 3.63) is 24.3 Å². The molecule has 6 nitrogen and oxygen atoms in total.